The standard InChI is InChI=1S/C17H26FN5O2S/c1-3-19-17(21-9-10-23-26(24,25)4-2)20-8-7-13-12-22-16-6-5-14(18)11-15(13)16/h5-6,11-12,22-23H,3-4,7-10H2,1-2H3,(H2,19,20,21). The number of sulfonamides is 1. The van der Waals surface area contributed by atoms with E-state index in [0.29, 0.717) is 32.0 Å². The van der Waals surface area contributed by atoms with E-state index < -0.39 is 10.0 Å². The average molecular weight is 383 g/mol. The summed E-state index contributed by atoms with van der Waals surface area (Å²) >= 11 is 0. The lowest BCUT2D eigenvalue weighted by Gasteiger charge is -2.11. The summed E-state index contributed by atoms with van der Waals surface area (Å²) in [5.74, 6) is 0.422. The minimum Gasteiger partial charge on any atom is -0.361 e. The molecule has 0 saturated carbocycles. The molecule has 0 aliphatic rings. The fourth-order valence-electron chi connectivity index (χ4n) is 2.49. The van der Waals surface area contributed by atoms with Crippen LogP contribution >= 0.6 is 0 Å². The highest BCUT2D eigenvalue weighted by Gasteiger charge is 2.06. The van der Waals surface area contributed by atoms with Gasteiger partial charge in [-0.1, -0.05) is 0 Å². The molecule has 0 atom stereocenters. The molecule has 0 unspecified atom stereocenters. The molecule has 9 heteroatoms. The Morgan fingerprint density at radius 1 is 1.23 bits per heavy atom. The van der Waals surface area contributed by atoms with Crippen LogP contribution in [0.3, 0.4) is 0 Å². The number of H-pyrrole nitrogens is 1. The molecular weight excluding hydrogens is 357 g/mol. The fraction of sp³-hybridized carbons (Fsp3) is 0.471. The number of nitrogens with one attached hydrogen (secondary N) is 4. The van der Waals surface area contributed by atoms with E-state index in [9.17, 15) is 12.8 Å². The molecule has 0 fully saturated rings. The van der Waals surface area contributed by atoms with E-state index in [0.717, 1.165) is 16.5 Å². The Bertz CT molecular complexity index is 848. The molecule has 1 aromatic heterocycles. The van der Waals surface area contributed by atoms with Gasteiger partial charge in [0, 0.05) is 36.7 Å². The molecule has 144 valence electrons. The number of halogens is 1. The average Bonchev–Trinajstić information content (AvgIpc) is 3.01. The molecule has 1 heterocycles. The van der Waals surface area contributed by atoms with Crippen LogP contribution in [0.5, 0.6) is 0 Å². The van der Waals surface area contributed by atoms with Gasteiger partial charge in [-0.15, -0.1) is 0 Å². The second-order valence-electron chi connectivity index (χ2n) is 5.74. The zero-order chi connectivity index (χ0) is 19.0. The van der Waals surface area contributed by atoms with Gasteiger partial charge in [-0.2, -0.15) is 0 Å². The zero-order valence-electron chi connectivity index (χ0n) is 15.1. The molecule has 2 aromatic rings. The van der Waals surface area contributed by atoms with Crippen LogP contribution in [0, 0.1) is 5.82 Å². The maximum atomic E-state index is 13.4. The van der Waals surface area contributed by atoms with Crippen molar-refractivity contribution >= 4 is 26.9 Å². The fourth-order valence-corrected chi connectivity index (χ4v) is 3.09. The van der Waals surface area contributed by atoms with E-state index in [1.54, 1.807) is 13.0 Å². The SMILES string of the molecule is CCNC(=NCCNS(=O)(=O)CC)NCCc1c[nH]c2ccc(F)cc12. The summed E-state index contributed by atoms with van der Waals surface area (Å²) < 4.78 is 38.7. The van der Waals surface area contributed by atoms with E-state index in [1.807, 2.05) is 13.1 Å². The van der Waals surface area contributed by atoms with Crippen molar-refractivity contribution in [1.82, 2.24) is 20.3 Å². The molecule has 0 saturated heterocycles. The highest BCUT2D eigenvalue weighted by atomic mass is 32.2. The molecule has 0 bridgehead atoms. The van der Waals surface area contributed by atoms with E-state index in [4.69, 9.17) is 0 Å². The van der Waals surface area contributed by atoms with Gasteiger partial charge < -0.3 is 15.6 Å². The molecule has 0 spiro atoms. The Hall–Kier alpha value is -2.13. The second kappa shape index (κ2) is 9.54. The predicted molar refractivity (Wildman–Crippen MR) is 103 cm³/mol. The molecule has 7 nitrogen and oxygen atoms in total. The predicted octanol–water partition coefficient (Wildman–Crippen LogP) is 1.34. The summed E-state index contributed by atoms with van der Waals surface area (Å²) in [7, 11) is -3.19. The van der Waals surface area contributed by atoms with Gasteiger partial charge in [-0.25, -0.2) is 17.5 Å². The molecule has 0 aliphatic heterocycles. The Morgan fingerprint density at radius 3 is 2.77 bits per heavy atom. The van der Waals surface area contributed by atoms with Crippen LogP contribution in [0.1, 0.15) is 19.4 Å². The lowest BCUT2D eigenvalue weighted by Crippen LogP contribution is -2.39. The summed E-state index contributed by atoms with van der Waals surface area (Å²) in [6.45, 7) is 5.47. The maximum Gasteiger partial charge on any atom is 0.211 e. The number of aliphatic imine (C=N–C) groups is 1. The molecule has 0 aliphatic carbocycles. The minimum absolute atomic E-state index is 0.0558. The van der Waals surface area contributed by atoms with Gasteiger partial charge in [0.25, 0.3) is 0 Å². The number of hydrogen-bond acceptors (Lipinski definition) is 3. The third-order valence-electron chi connectivity index (χ3n) is 3.84. The molecule has 2 rings (SSSR count). The molecular formula is C17H26FN5O2S. The van der Waals surface area contributed by atoms with E-state index in [-0.39, 0.29) is 18.1 Å². The number of hydrogen-bond donors (Lipinski definition) is 4. The number of aromatic nitrogens is 1. The van der Waals surface area contributed by atoms with Crippen molar-refractivity contribution in [3.05, 3.63) is 35.8 Å². The van der Waals surface area contributed by atoms with Crippen LogP contribution in [-0.2, 0) is 16.4 Å². The van der Waals surface area contributed by atoms with Gasteiger partial charge in [0.1, 0.15) is 5.82 Å². The Balaban J connectivity index is 1.87. The summed E-state index contributed by atoms with van der Waals surface area (Å²) in [6.07, 6.45) is 2.59. The van der Waals surface area contributed by atoms with Crippen LogP contribution in [0.15, 0.2) is 29.4 Å². The van der Waals surface area contributed by atoms with Gasteiger partial charge in [-0.3, -0.25) is 4.99 Å². The first-order valence-electron chi connectivity index (χ1n) is 8.70. The number of rotatable bonds is 9. The lowest BCUT2D eigenvalue weighted by molar-refractivity contribution is 0.583. The third-order valence-corrected chi connectivity index (χ3v) is 5.25. The first-order valence-corrected chi connectivity index (χ1v) is 10.4. The topological polar surface area (TPSA) is 98.4 Å². The molecule has 0 amide bonds. The normalized spacial score (nSPS) is 12.5. The molecule has 26 heavy (non-hydrogen) atoms. The molecule has 4 N–H and O–H groups in total. The first-order chi connectivity index (χ1) is 12.4. The van der Waals surface area contributed by atoms with Crippen LogP contribution in [0.2, 0.25) is 0 Å². The number of benzene rings is 1. The van der Waals surface area contributed by atoms with Crippen molar-refractivity contribution in [1.29, 1.82) is 0 Å². The Kier molecular flexibility index (Phi) is 7.40. The number of fused-ring (bicyclic) bond motifs is 1. The van der Waals surface area contributed by atoms with E-state index in [2.05, 4.69) is 25.3 Å². The lowest BCUT2D eigenvalue weighted by atomic mass is 10.1. The van der Waals surface area contributed by atoms with Gasteiger partial charge >= 0.3 is 0 Å². The number of aromatic amines is 1. The van der Waals surface area contributed by atoms with Crippen LogP contribution in [0.25, 0.3) is 10.9 Å². The van der Waals surface area contributed by atoms with Gasteiger partial charge in [0.2, 0.25) is 10.0 Å². The Morgan fingerprint density at radius 2 is 2.04 bits per heavy atom. The van der Waals surface area contributed by atoms with Crippen LogP contribution in [-0.4, -0.2) is 51.3 Å². The number of guanidine groups is 1. The maximum absolute atomic E-state index is 13.4. The minimum atomic E-state index is -3.19. The third kappa shape index (κ3) is 5.99. The summed E-state index contributed by atoms with van der Waals surface area (Å²) in [4.78, 5) is 7.48. The van der Waals surface area contributed by atoms with Crippen molar-refractivity contribution in [2.24, 2.45) is 4.99 Å². The summed E-state index contributed by atoms with van der Waals surface area (Å²) in [6, 6.07) is 4.69. The summed E-state index contributed by atoms with van der Waals surface area (Å²) in [5.41, 5.74) is 1.93. The van der Waals surface area contributed by atoms with Gasteiger partial charge in [0.05, 0.1) is 12.3 Å². The van der Waals surface area contributed by atoms with Crippen LogP contribution < -0.4 is 15.4 Å². The first kappa shape index (κ1) is 20.2. The molecule has 0 radical (unpaired) electrons. The monoisotopic (exact) mass is 383 g/mol. The van der Waals surface area contributed by atoms with Crippen molar-refractivity contribution in [3.63, 3.8) is 0 Å². The van der Waals surface area contributed by atoms with Gasteiger partial charge in [0.15, 0.2) is 5.96 Å². The zero-order valence-corrected chi connectivity index (χ0v) is 15.9. The van der Waals surface area contributed by atoms with E-state index in [1.165, 1.54) is 12.1 Å². The second-order valence-corrected chi connectivity index (χ2v) is 7.83. The van der Waals surface area contributed by atoms with Crippen molar-refractivity contribution in [2.75, 3.05) is 31.9 Å². The summed E-state index contributed by atoms with van der Waals surface area (Å²) in [5, 5.41) is 7.20. The van der Waals surface area contributed by atoms with Crippen molar-refractivity contribution < 1.29 is 12.8 Å². The Labute approximate surface area is 153 Å². The smallest absolute Gasteiger partial charge is 0.211 e. The quantitative estimate of drug-likeness (QED) is 0.298. The van der Waals surface area contributed by atoms with Crippen LogP contribution in [0.4, 0.5) is 4.39 Å². The highest BCUT2D eigenvalue weighted by molar-refractivity contribution is 7.89. The van der Waals surface area contributed by atoms with Crippen molar-refractivity contribution in [2.45, 2.75) is 20.3 Å². The number of nitrogens with zero attached hydrogens (tertiary/aromatic N) is 1. The van der Waals surface area contributed by atoms with Gasteiger partial charge in [-0.05, 0) is 44.0 Å². The highest BCUT2D eigenvalue weighted by Crippen LogP contribution is 2.19. The van der Waals surface area contributed by atoms with Crippen molar-refractivity contribution in [3.8, 4) is 0 Å². The largest absolute Gasteiger partial charge is 0.361 e. The van der Waals surface area contributed by atoms with E-state index >= 15 is 0 Å². The molecule has 1 aromatic carbocycles.